The predicted octanol–water partition coefficient (Wildman–Crippen LogP) is 2.08. The van der Waals surface area contributed by atoms with E-state index in [4.69, 9.17) is 11.6 Å². The van der Waals surface area contributed by atoms with E-state index >= 15 is 0 Å². The maximum Gasteiger partial charge on any atom is 0.321 e. The van der Waals surface area contributed by atoms with Crippen LogP contribution in [0.2, 0.25) is 5.02 Å². The van der Waals surface area contributed by atoms with Crippen LogP contribution in [0.25, 0.3) is 10.9 Å². The van der Waals surface area contributed by atoms with Crippen LogP contribution in [0, 0.1) is 0 Å². The van der Waals surface area contributed by atoms with Crippen LogP contribution in [0.3, 0.4) is 0 Å². The van der Waals surface area contributed by atoms with E-state index in [1.165, 1.54) is 12.4 Å². The number of benzene rings is 2. The summed E-state index contributed by atoms with van der Waals surface area (Å²) < 4.78 is 1.12. The Morgan fingerprint density at radius 3 is 2.65 bits per heavy atom. The van der Waals surface area contributed by atoms with Crippen LogP contribution in [0.5, 0.6) is 0 Å². The van der Waals surface area contributed by atoms with Gasteiger partial charge in [-0.3, -0.25) is 19.5 Å². The molecule has 0 aliphatic carbocycles. The number of imide groups is 1. The zero-order chi connectivity index (χ0) is 18.5. The van der Waals surface area contributed by atoms with E-state index < -0.39 is 17.5 Å². The van der Waals surface area contributed by atoms with Gasteiger partial charge in [-0.05, 0) is 23.8 Å². The highest BCUT2D eigenvalue weighted by Gasteiger charge is 2.11. The number of hydrogen-bond donors (Lipinski definition) is 2. The molecule has 0 saturated heterocycles. The fraction of sp³-hybridized carbons (Fsp3) is 0.111. The van der Waals surface area contributed by atoms with Crippen LogP contribution in [0.1, 0.15) is 5.56 Å². The molecule has 3 aromatic rings. The summed E-state index contributed by atoms with van der Waals surface area (Å²) in [6.45, 7) is -0.0387. The van der Waals surface area contributed by atoms with Gasteiger partial charge in [0.05, 0.1) is 17.2 Å². The van der Waals surface area contributed by atoms with Crippen LogP contribution in [0.15, 0.2) is 59.7 Å². The smallest absolute Gasteiger partial charge is 0.321 e. The van der Waals surface area contributed by atoms with Crippen LogP contribution in [0.4, 0.5) is 4.79 Å². The molecule has 0 bridgehead atoms. The van der Waals surface area contributed by atoms with E-state index in [-0.39, 0.29) is 13.1 Å². The van der Waals surface area contributed by atoms with Gasteiger partial charge in [0.15, 0.2) is 0 Å². The molecule has 0 atom stereocenters. The van der Waals surface area contributed by atoms with Crippen LogP contribution >= 0.6 is 11.6 Å². The molecule has 8 heteroatoms. The van der Waals surface area contributed by atoms with Gasteiger partial charge in [0.1, 0.15) is 6.54 Å². The number of hydrogen-bond acceptors (Lipinski definition) is 4. The minimum absolute atomic E-state index is 0.288. The predicted molar refractivity (Wildman–Crippen MR) is 97.8 cm³/mol. The van der Waals surface area contributed by atoms with E-state index in [2.05, 4.69) is 15.6 Å². The molecular formula is C18H15ClN4O3. The van der Waals surface area contributed by atoms with Crippen molar-refractivity contribution in [2.24, 2.45) is 0 Å². The van der Waals surface area contributed by atoms with Crippen molar-refractivity contribution >= 4 is 34.4 Å². The lowest BCUT2D eigenvalue weighted by atomic mass is 10.2. The summed E-state index contributed by atoms with van der Waals surface area (Å²) in [6.07, 6.45) is 1.26. The van der Waals surface area contributed by atoms with Gasteiger partial charge in [-0.2, -0.15) is 0 Å². The highest BCUT2D eigenvalue weighted by molar-refractivity contribution is 6.31. The number of amides is 3. The SMILES string of the molecule is O=C(Cn1cnc2ccc(Cl)cc2c1=O)NC(=O)NCc1ccccc1. The third-order valence-electron chi connectivity index (χ3n) is 3.65. The molecule has 26 heavy (non-hydrogen) atoms. The number of halogens is 1. The Balaban J connectivity index is 1.63. The van der Waals surface area contributed by atoms with Gasteiger partial charge >= 0.3 is 6.03 Å². The Labute approximate surface area is 153 Å². The molecule has 3 amide bonds. The first-order valence-electron chi connectivity index (χ1n) is 7.79. The van der Waals surface area contributed by atoms with Gasteiger partial charge in [0.2, 0.25) is 5.91 Å². The summed E-state index contributed by atoms with van der Waals surface area (Å²) in [5.41, 5.74) is 0.982. The zero-order valence-corrected chi connectivity index (χ0v) is 14.4. The van der Waals surface area contributed by atoms with Crippen molar-refractivity contribution in [2.75, 3.05) is 0 Å². The van der Waals surface area contributed by atoms with Crippen molar-refractivity contribution in [3.8, 4) is 0 Å². The summed E-state index contributed by atoms with van der Waals surface area (Å²) in [5.74, 6) is -0.624. The van der Waals surface area contributed by atoms with Crippen molar-refractivity contribution in [3.05, 3.63) is 75.8 Å². The lowest BCUT2D eigenvalue weighted by Crippen LogP contribution is -2.41. The first-order chi connectivity index (χ1) is 12.5. The summed E-state index contributed by atoms with van der Waals surface area (Å²) in [5, 5.41) is 5.47. The van der Waals surface area contributed by atoms with E-state index in [0.29, 0.717) is 15.9 Å². The van der Waals surface area contributed by atoms with Gasteiger partial charge in [-0.15, -0.1) is 0 Å². The van der Waals surface area contributed by atoms with Crippen molar-refractivity contribution < 1.29 is 9.59 Å². The Kier molecular flexibility index (Phi) is 5.28. The molecule has 132 valence electrons. The van der Waals surface area contributed by atoms with Crippen molar-refractivity contribution in [3.63, 3.8) is 0 Å². The summed E-state index contributed by atoms with van der Waals surface area (Å²) >= 11 is 5.89. The highest BCUT2D eigenvalue weighted by Crippen LogP contribution is 2.13. The maximum atomic E-state index is 12.4. The number of rotatable bonds is 4. The molecule has 0 radical (unpaired) electrons. The fourth-order valence-electron chi connectivity index (χ4n) is 2.39. The van der Waals surface area contributed by atoms with E-state index in [1.54, 1.807) is 12.1 Å². The zero-order valence-electron chi connectivity index (χ0n) is 13.6. The minimum atomic E-state index is -0.635. The van der Waals surface area contributed by atoms with Gasteiger partial charge < -0.3 is 5.32 Å². The molecule has 0 spiro atoms. The fourth-order valence-corrected chi connectivity index (χ4v) is 2.56. The first kappa shape index (κ1) is 17.6. The Bertz CT molecular complexity index is 1020. The molecule has 0 unspecified atom stereocenters. The monoisotopic (exact) mass is 370 g/mol. The highest BCUT2D eigenvalue weighted by atomic mass is 35.5. The molecular weight excluding hydrogens is 356 g/mol. The third-order valence-corrected chi connectivity index (χ3v) is 3.88. The van der Waals surface area contributed by atoms with E-state index in [9.17, 15) is 14.4 Å². The largest absolute Gasteiger partial charge is 0.334 e. The van der Waals surface area contributed by atoms with Crippen molar-refractivity contribution in [1.29, 1.82) is 0 Å². The molecule has 1 heterocycles. The standard InChI is InChI=1S/C18H15ClN4O3/c19-13-6-7-15-14(8-13)17(25)23(11-21-15)10-16(24)22-18(26)20-9-12-4-2-1-3-5-12/h1-8,11H,9-10H2,(H2,20,22,24,26). The van der Waals surface area contributed by atoms with Gasteiger partial charge in [-0.25, -0.2) is 9.78 Å². The average molecular weight is 371 g/mol. The molecule has 1 aromatic heterocycles. The summed E-state index contributed by atoms with van der Waals surface area (Å²) in [6, 6.07) is 13.4. The normalized spacial score (nSPS) is 10.5. The molecule has 2 N–H and O–H groups in total. The molecule has 0 aliphatic rings. The van der Waals surface area contributed by atoms with Crippen LogP contribution in [-0.2, 0) is 17.9 Å². The molecule has 2 aromatic carbocycles. The molecule has 0 aliphatic heterocycles. The van der Waals surface area contributed by atoms with Gasteiger partial charge in [0.25, 0.3) is 5.56 Å². The Morgan fingerprint density at radius 2 is 1.88 bits per heavy atom. The lowest BCUT2D eigenvalue weighted by molar-refractivity contribution is -0.120. The van der Waals surface area contributed by atoms with E-state index in [1.807, 2.05) is 30.3 Å². The molecule has 0 fully saturated rings. The van der Waals surface area contributed by atoms with Crippen LogP contribution in [-0.4, -0.2) is 21.5 Å². The number of aromatic nitrogens is 2. The van der Waals surface area contributed by atoms with Crippen LogP contribution < -0.4 is 16.2 Å². The third kappa shape index (κ3) is 4.25. The van der Waals surface area contributed by atoms with Crippen molar-refractivity contribution in [1.82, 2.24) is 20.2 Å². The lowest BCUT2D eigenvalue weighted by Gasteiger charge is -2.09. The van der Waals surface area contributed by atoms with Gasteiger partial charge in [-0.1, -0.05) is 41.9 Å². The number of carbonyl (C=O) groups excluding carboxylic acids is 2. The molecule has 7 nitrogen and oxygen atoms in total. The van der Waals surface area contributed by atoms with Crippen molar-refractivity contribution in [2.45, 2.75) is 13.1 Å². The second kappa shape index (κ2) is 7.79. The number of carbonyl (C=O) groups is 2. The number of urea groups is 1. The van der Waals surface area contributed by atoms with E-state index in [0.717, 1.165) is 10.1 Å². The number of fused-ring (bicyclic) bond motifs is 1. The molecule has 0 saturated carbocycles. The topological polar surface area (TPSA) is 93.1 Å². The number of nitrogens with zero attached hydrogens (tertiary/aromatic N) is 2. The minimum Gasteiger partial charge on any atom is -0.334 e. The first-order valence-corrected chi connectivity index (χ1v) is 8.17. The average Bonchev–Trinajstić information content (AvgIpc) is 2.63. The quantitative estimate of drug-likeness (QED) is 0.735. The summed E-state index contributed by atoms with van der Waals surface area (Å²) in [4.78, 5) is 40.3. The number of nitrogens with one attached hydrogen (secondary N) is 2. The second-order valence-corrected chi connectivity index (χ2v) is 5.99. The maximum absolute atomic E-state index is 12.4. The second-order valence-electron chi connectivity index (χ2n) is 5.56. The summed E-state index contributed by atoms with van der Waals surface area (Å²) in [7, 11) is 0. The Hall–Kier alpha value is -3.19. The Morgan fingerprint density at radius 1 is 1.12 bits per heavy atom. The van der Waals surface area contributed by atoms with Gasteiger partial charge in [0, 0.05) is 11.6 Å². The molecule has 3 rings (SSSR count).